The molecule has 1 saturated carbocycles. The Morgan fingerprint density at radius 2 is 2.17 bits per heavy atom. The zero-order valence-electron chi connectivity index (χ0n) is 16.7. The summed E-state index contributed by atoms with van der Waals surface area (Å²) in [5, 5.41) is 33.3. The summed E-state index contributed by atoms with van der Waals surface area (Å²) >= 11 is 1.29. The molecular weight excluding hydrogens is 396 g/mol. The van der Waals surface area contributed by atoms with Crippen LogP contribution < -0.4 is 5.32 Å². The molecule has 0 spiro atoms. The molecule has 1 aromatic rings. The molecule has 0 saturated heterocycles. The molecule has 29 heavy (non-hydrogen) atoms. The monoisotopic (exact) mass is 424 g/mol. The summed E-state index contributed by atoms with van der Waals surface area (Å²) in [4.78, 5) is 29.0. The van der Waals surface area contributed by atoms with Gasteiger partial charge in [-0.15, -0.1) is 11.3 Å². The number of amides is 1. The Morgan fingerprint density at radius 1 is 1.45 bits per heavy atom. The number of anilines is 1. The molecule has 160 valence electrons. The molecule has 0 unspecified atom stereocenters. The number of fused-ring (bicyclic) bond motifs is 2. The Morgan fingerprint density at radius 3 is 2.79 bits per heavy atom. The van der Waals surface area contributed by atoms with Crippen LogP contribution in [0.15, 0.2) is 12.7 Å². The van der Waals surface area contributed by atoms with Crippen LogP contribution in [-0.4, -0.2) is 51.7 Å². The van der Waals surface area contributed by atoms with Crippen LogP contribution in [0.5, 0.6) is 0 Å². The highest BCUT2D eigenvalue weighted by atomic mass is 32.1. The molecule has 1 heterocycles. The average molecular weight is 425 g/mol. The van der Waals surface area contributed by atoms with Gasteiger partial charge < -0.3 is 20.1 Å². The van der Waals surface area contributed by atoms with Gasteiger partial charge in [-0.1, -0.05) is 26.5 Å². The fourth-order valence-corrected chi connectivity index (χ4v) is 6.19. The Kier molecular flexibility index (Phi) is 6.03. The minimum absolute atomic E-state index is 0.0749. The number of aromatic nitrogens is 1. The second-order valence-corrected chi connectivity index (χ2v) is 9.55. The van der Waals surface area contributed by atoms with Crippen LogP contribution in [0, 0.1) is 16.7 Å². The first kappa shape index (κ1) is 21.7. The number of hydrogen-bond donors (Lipinski definition) is 4. The number of nitrogens with zero attached hydrogens (tertiary/aromatic N) is 1. The number of rotatable bonds is 6. The zero-order chi connectivity index (χ0) is 21.4. The Bertz CT molecular complexity index is 811. The second-order valence-electron chi connectivity index (χ2n) is 8.47. The smallest absolute Gasteiger partial charge is 0.413 e. The highest BCUT2D eigenvalue weighted by molar-refractivity contribution is 7.15. The van der Waals surface area contributed by atoms with Gasteiger partial charge in [0.25, 0.3) is 0 Å². The van der Waals surface area contributed by atoms with Crippen LogP contribution >= 0.6 is 11.3 Å². The molecule has 5 atom stereocenters. The number of nitrogens with one attached hydrogen (secondary N) is 1. The van der Waals surface area contributed by atoms with E-state index in [0.717, 1.165) is 4.88 Å². The molecule has 2 aliphatic rings. The van der Waals surface area contributed by atoms with Gasteiger partial charge in [0.2, 0.25) is 0 Å². The molecule has 0 aliphatic heterocycles. The Hall–Kier alpha value is -1.97. The van der Waals surface area contributed by atoms with Gasteiger partial charge in [-0.25, -0.2) is 9.78 Å². The molecule has 1 fully saturated rings. The number of carbonyl (C=O) groups excluding carboxylic acids is 1. The summed E-state index contributed by atoms with van der Waals surface area (Å²) in [6.45, 7) is 7.30. The minimum atomic E-state index is -0.924. The molecule has 2 aliphatic carbocycles. The fourth-order valence-electron chi connectivity index (χ4n) is 5.13. The number of carboxylic acids is 1. The van der Waals surface area contributed by atoms with Crippen molar-refractivity contribution < 1.29 is 29.6 Å². The lowest BCUT2D eigenvalue weighted by atomic mass is 9.47. The summed E-state index contributed by atoms with van der Waals surface area (Å²) < 4.78 is 4.94. The number of carbonyl (C=O) groups is 2. The largest absolute Gasteiger partial charge is 0.481 e. The van der Waals surface area contributed by atoms with E-state index in [9.17, 15) is 24.9 Å². The quantitative estimate of drug-likeness (QED) is 0.517. The number of hydrogen-bond acceptors (Lipinski definition) is 7. The maximum atomic E-state index is 11.9. The van der Waals surface area contributed by atoms with Crippen molar-refractivity contribution in [1.29, 1.82) is 0 Å². The average Bonchev–Trinajstić information content (AvgIpc) is 3.06. The van der Waals surface area contributed by atoms with Gasteiger partial charge >= 0.3 is 12.1 Å². The van der Waals surface area contributed by atoms with Crippen molar-refractivity contribution in [2.24, 2.45) is 16.7 Å². The van der Waals surface area contributed by atoms with Gasteiger partial charge in [0.1, 0.15) is 6.61 Å². The lowest BCUT2D eigenvalue weighted by molar-refractivity contribution is -0.150. The number of thiazole rings is 1. The van der Waals surface area contributed by atoms with Crippen molar-refractivity contribution >= 4 is 28.5 Å². The van der Waals surface area contributed by atoms with E-state index in [2.05, 4.69) is 16.9 Å². The molecule has 8 nitrogen and oxygen atoms in total. The molecule has 1 amide bonds. The van der Waals surface area contributed by atoms with E-state index in [1.54, 1.807) is 0 Å². The first-order chi connectivity index (χ1) is 13.7. The summed E-state index contributed by atoms with van der Waals surface area (Å²) in [6, 6.07) is 0. The maximum absolute atomic E-state index is 11.9. The standard InChI is InChI=1S/C20H28N2O6S/c1-4-7-28-18(27)22-17-21-16-11(8-15(25)26)19(2)6-5-14(24)20(3,10-23)13(19)9-12(16)29-17/h4,11,13-14,23-24H,1,5-10H2,2-3H3,(H,25,26)(H,21,22,27)/t11-,13+,14-,19+,20+/m1/s1. The number of carboxylic acid groups (broad SMARTS) is 1. The van der Waals surface area contributed by atoms with Gasteiger partial charge in [0.15, 0.2) is 5.13 Å². The van der Waals surface area contributed by atoms with Gasteiger partial charge in [-0.05, 0) is 30.6 Å². The van der Waals surface area contributed by atoms with Crippen LogP contribution in [-0.2, 0) is 16.0 Å². The van der Waals surface area contributed by atoms with Crippen LogP contribution in [0.25, 0.3) is 0 Å². The maximum Gasteiger partial charge on any atom is 0.413 e. The third-order valence-corrected chi connectivity index (χ3v) is 7.82. The van der Waals surface area contributed by atoms with Crippen molar-refractivity contribution in [2.45, 2.75) is 51.6 Å². The van der Waals surface area contributed by atoms with E-state index in [4.69, 9.17) is 4.74 Å². The van der Waals surface area contributed by atoms with E-state index >= 15 is 0 Å². The van der Waals surface area contributed by atoms with Crippen LogP contribution in [0.1, 0.15) is 49.6 Å². The molecule has 0 bridgehead atoms. The van der Waals surface area contributed by atoms with Crippen molar-refractivity contribution in [2.75, 3.05) is 18.5 Å². The molecular formula is C20H28N2O6S. The number of ether oxygens (including phenoxy) is 1. The predicted molar refractivity (Wildman–Crippen MR) is 108 cm³/mol. The van der Waals surface area contributed by atoms with E-state index in [1.165, 1.54) is 17.4 Å². The van der Waals surface area contributed by atoms with Crippen molar-refractivity contribution in [3.63, 3.8) is 0 Å². The van der Waals surface area contributed by atoms with E-state index in [1.807, 2.05) is 13.8 Å². The second kappa shape index (κ2) is 8.04. The Balaban J connectivity index is 2.00. The predicted octanol–water partition coefficient (Wildman–Crippen LogP) is 2.77. The number of aliphatic hydroxyl groups excluding tert-OH is 2. The summed E-state index contributed by atoms with van der Waals surface area (Å²) in [5.41, 5.74) is -0.481. The molecule has 0 radical (unpaired) electrons. The van der Waals surface area contributed by atoms with Gasteiger partial charge in [0.05, 0.1) is 24.8 Å². The molecule has 0 aromatic carbocycles. The summed E-state index contributed by atoms with van der Waals surface area (Å²) in [7, 11) is 0. The van der Waals surface area contributed by atoms with Crippen LogP contribution in [0.4, 0.5) is 9.93 Å². The highest BCUT2D eigenvalue weighted by Crippen LogP contribution is 2.62. The van der Waals surface area contributed by atoms with Gasteiger partial charge in [0, 0.05) is 16.2 Å². The topological polar surface area (TPSA) is 129 Å². The molecule has 3 rings (SSSR count). The molecule has 9 heteroatoms. The first-order valence-electron chi connectivity index (χ1n) is 9.70. The number of aliphatic hydroxyl groups is 2. The number of aliphatic carboxylic acids is 1. The third kappa shape index (κ3) is 3.78. The van der Waals surface area contributed by atoms with Crippen LogP contribution in [0.3, 0.4) is 0 Å². The SMILES string of the molecule is C=CCOC(=O)Nc1nc2c(s1)C[C@@H]1[C@](C)(CO)[C@H](O)CC[C@@]1(C)[C@@H]2CC(=O)O. The van der Waals surface area contributed by atoms with Crippen LogP contribution in [0.2, 0.25) is 0 Å². The van der Waals surface area contributed by atoms with E-state index < -0.39 is 29.0 Å². The minimum Gasteiger partial charge on any atom is -0.481 e. The van der Waals surface area contributed by atoms with E-state index in [-0.39, 0.29) is 31.5 Å². The van der Waals surface area contributed by atoms with Crippen molar-refractivity contribution in [3.8, 4) is 0 Å². The Labute approximate surface area is 173 Å². The van der Waals surface area contributed by atoms with Crippen molar-refractivity contribution in [3.05, 3.63) is 23.2 Å². The fraction of sp³-hybridized carbons (Fsp3) is 0.650. The van der Waals surface area contributed by atoms with Crippen molar-refractivity contribution in [1.82, 2.24) is 4.98 Å². The van der Waals surface area contributed by atoms with E-state index in [0.29, 0.717) is 30.1 Å². The zero-order valence-corrected chi connectivity index (χ0v) is 17.5. The summed E-state index contributed by atoms with van der Waals surface area (Å²) in [6.07, 6.45) is 1.77. The lowest BCUT2D eigenvalue weighted by Crippen LogP contribution is -2.57. The lowest BCUT2D eigenvalue weighted by Gasteiger charge is -2.58. The first-order valence-corrected chi connectivity index (χ1v) is 10.5. The van der Waals surface area contributed by atoms with Gasteiger partial charge in [-0.2, -0.15) is 0 Å². The molecule has 1 aromatic heterocycles. The van der Waals surface area contributed by atoms with Gasteiger partial charge in [-0.3, -0.25) is 10.1 Å². The molecule has 4 N–H and O–H groups in total. The third-order valence-electron chi connectivity index (χ3n) is 6.81. The summed E-state index contributed by atoms with van der Waals surface area (Å²) in [5.74, 6) is -1.41. The normalized spacial score (nSPS) is 33.3. The highest BCUT2D eigenvalue weighted by Gasteiger charge is 2.59.